The van der Waals surface area contributed by atoms with Crippen LogP contribution < -0.4 is 0 Å². The van der Waals surface area contributed by atoms with Crippen LogP contribution in [0.2, 0.25) is 0 Å². The minimum atomic E-state index is -0.386. The molecule has 0 aromatic rings. The molecule has 1 fully saturated rings. The van der Waals surface area contributed by atoms with Crippen molar-refractivity contribution >= 4 is 11.8 Å². The van der Waals surface area contributed by atoms with E-state index in [1.807, 2.05) is 6.92 Å². The zero-order valence-corrected chi connectivity index (χ0v) is 17.6. The Morgan fingerprint density at radius 2 is 1.93 bits per heavy atom. The van der Waals surface area contributed by atoms with Crippen LogP contribution in [-0.4, -0.2) is 30.1 Å². The SMILES string of the molecule is COC(=O)CCC1(C)C2=C(CCC1C(C)O)C1CCC(C(C)=O)C1(C)CC2. The van der Waals surface area contributed by atoms with Crippen LogP contribution in [0.4, 0.5) is 0 Å². The standard InChI is InChI=1S/C23H36O4/c1-14(24)17-7-6-16-19-9-8-18(15(2)25)22(19,3)12-10-20(16)23(17,4)13-11-21(26)27-5/h14,17-19,24H,6-13H2,1-5H3. The second-order valence-corrected chi connectivity index (χ2v) is 9.68. The normalized spacial score (nSPS) is 39.6. The molecule has 0 spiro atoms. The lowest BCUT2D eigenvalue weighted by molar-refractivity contribution is -0.141. The minimum Gasteiger partial charge on any atom is -0.469 e. The lowest BCUT2D eigenvalue weighted by Gasteiger charge is -2.53. The zero-order valence-electron chi connectivity index (χ0n) is 17.6. The number of methoxy groups -OCH3 is 1. The Labute approximate surface area is 163 Å². The zero-order chi connectivity index (χ0) is 20.0. The van der Waals surface area contributed by atoms with Crippen molar-refractivity contribution in [3.05, 3.63) is 11.1 Å². The summed E-state index contributed by atoms with van der Waals surface area (Å²) in [6.07, 6.45) is 6.88. The number of hydrogen-bond acceptors (Lipinski definition) is 4. The Hall–Kier alpha value is -1.16. The molecule has 0 bridgehead atoms. The maximum atomic E-state index is 12.2. The summed E-state index contributed by atoms with van der Waals surface area (Å²) in [4.78, 5) is 24.1. The third-order valence-electron chi connectivity index (χ3n) is 8.44. The van der Waals surface area contributed by atoms with Gasteiger partial charge in [0, 0.05) is 12.3 Å². The van der Waals surface area contributed by atoms with Crippen molar-refractivity contribution in [3.8, 4) is 0 Å². The van der Waals surface area contributed by atoms with Gasteiger partial charge in [-0.25, -0.2) is 0 Å². The molecular weight excluding hydrogens is 340 g/mol. The molecule has 3 rings (SSSR count). The highest BCUT2D eigenvalue weighted by molar-refractivity contribution is 5.79. The van der Waals surface area contributed by atoms with Crippen LogP contribution in [0.5, 0.6) is 0 Å². The smallest absolute Gasteiger partial charge is 0.305 e. The highest BCUT2D eigenvalue weighted by Gasteiger charge is 2.55. The van der Waals surface area contributed by atoms with Crippen molar-refractivity contribution in [1.29, 1.82) is 0 Å². The van der Waals surface area contributed by atoms with E-state index in [1.54, 1.807) is 12.5 Å². The monoisotopic (exact) mass is 376 g/mol. The molecule has 0 aliphatic heterocycles. The van der Waals surface area contributed by atoms with Crippen LogP contribution in [0.1, 0.15) is 79.1 Å². The van der Waals surface area contributed by atoms with Gasteiger partial charge in [0.05, 0.1) is 13.2 Å². The van der Waals surface area contributed by atoms with Gasteiger partial charge in [-0.3, -0.25) is 9.59 Å². The molecule has 1 N–H and O–H groups in total. The summed E-state index contributed by atoms with van der Waals surface area (Å²) >= 11 is 0. The maximum Gasteiger partial charge on any atom is 0.305 e. The van der Waals surface area contributed by atoms with Gasteiger partial charge in [0.1, 0.15) is 5.78 Å². The van der Waals surface area contributed by atoms with Crippen molar-refractivity contribution < 1.29 is 19.4 Å². The van der Waals surface area contributed by atoms with Crippen molar-refractivity contribution in [3.63, 3.8) is 0 Å². The molecule has 4 heteroatoms. The molecule has 3 aliphatic carbocycles. The number of ketones is 1. The van der Waals surface area contributed by atoms with Crippen LogP contribution in [0, 0.1) is 28.6 Å². The highest BCUT2D eigenvalue weighted by atomic mass is 16.5. The van der Waals surface area contributed by atoms with E-state index in [2.05, 4.69) is 13.8 Å². The number of hydrogen-bond donors (Lipinski definition) is 1. The van der Waals surface area contributed by atoms with E-state index in [0.29, 0.717) is 18.1 Å². The molecule has 152 valence electrons. The van der Waals surface area contributed by atoms with Crippen molar-refractivity contribution in [1.82, 2.24) is 0 Å². The van der Waals surface area contributed by atoms with Crippen molar-refractivity contribution in [2.45, 2.75) is 85.2 Å². The second kappa shape index (κ2) is 7.35. The van der Waals surface area contributed by atoms with Crippen LogP contribution >= 0.6 is 0 Å². The molecule has 27 heavy (non-hydrogen) atoms. The van der Waals surface area contributed by atoms with Gasteiger partial charge < -0.3 is 9.84 Å². The first-order chi connectivity index (χ1) is 12.6. The molecule has 6 unspecified atom stereocenters. The van der Waals surface area contributed by atoms with Crippen LogP contribution in [0.25, 0.3) is 0 Å². The fraction of sp³-hybridized carbons (Fsp3) is 0.826. The maximum absolute atomic E-state index is 12.2. The molecular formula is C23H36O4. The van der Waals surface area contributed by atoms with Gasteiger partial charge in [0.2, 0.25) is 0 Å². The van der Waals surface area contributed by atoms with Gasteiger partial charge in [-0.05, 0) is 81.5 Å². The van der Waals surface area contributed by atoms with E-state index in [1.165, 1.54) is 12.7 Å². The predicted octanol–water partition coefficient (Wildman–Crippen LogP) is 4.45. The molecule has 0 heterocycles. The molecule has 0 aromatic heterocycles. The molecule has 1 saturated carbocycles. The topological polar surface area (TPSA) is 63.6 Å². The third kappa shape index (κ3) is 3.28. The molecule has 0 aromatic carbocycles. The first-order valence-electron chi connectivity index (χ1n) is 10.6. The molecule has 0 saturated heterocycles. The number of allylic oxidation sites excluding steroid dienone is 2. The number of aliphatic hydroxyl groups excluding tert-OH is 1. The van der Waals surface area contributed by atoms with E-state index in [-0.39, 0.29) is 34.7 Å². The van der Waals surface area contributed by atoms with Gasteiger partial charge in [0.15, 0.2) is 0 Å². The van der Waals surface area contributed by atoms with Gasteiger partial charge in [-0.2, -0.15) is 0 Å². The van der Waals surface area contributed by atoms with Gasteiger partial charge >= 0.3 is 5.97 Å². The Balaban J connectivity index is 1.98. The van der Waals surface area contributed by atoms with Crippen LogP contribution in [0.3, 0.4) is 0 Å². The summed E-state index contributed by atoms with van der Waals surface area (Å²) < 4.78 is 4.89. The number of aliphatic hydroxyl groups is 1. The Kier molecular flexibility index (Phi) is 5.60. The van der Waals surface area contributed by atoms with E-state index >= 15 is 0 Å². The van der Waals surface area contributed by atoms with Crippen molar-refractivity contribution in [2.24, 2.45) is 28.6 Å². The van der Waals surface area contributed by atoms with E-state index in [4.69, 9.17) is 4.74 Å². The van der Waals surface area contributed by atoms with Crippen LogP contribution in [0.15, 0.2) is 11.1 Å². The van der Waals surface area contributed by atoms with Crippen LogP contribution in [-0.2, 0) is 14.3 Å². The molecule has 3 aliphatic rings. The molecule has 4 nitrogen and oxygen atoms in total. The Morgan fingerprint density at radius 1 is 1.22 bits per heavy atom. The van der Waals surface area contributed by atoms with Crippen molar-refractivity contribution in [2.75, 3.05) is 7.11 Å². The summed E-state index contributed by atoms with van der Waals surface area (Å²) in [5, 5.41) is 10.5. The van der Waals surface area contributed by atoms with E-state index < -0.39 is 0 Å². The number of carbonyl (C=O) groups excluding carboxylic acids is 2. The molecule has 0 radical (unpaired) electrons. The number of fused-ring (bicyclic) bond motifs is 2. The fourth-order valence-electron chi connectivity index (χ4n) is 6.99. The summed E-state index contributed by atoms with van der Waals surface area (Å²) in [6, 6.07) is 0. The number of rotatable bonds is 5. The Morgan fingerprint density at radius 3 is 2.52 bits per heavy atom. The lowest BCUT2D eigenvalue weighted by atomic mass is 9.52. The first kappa shape index (κ1) is 20.6. The van der Waals surface area contributed by atoms with E-state index in [0.717, 1.165) is 44.9 Å². The first-order valence-corrected chi connectivity index (χ1v) is 10.6. The predicted molar refractivity (Wildman–Crippen MR) is 105 cm³/mol. The average molecular weight is 377 g/mol. The molecule has 6 atom stereocenters. The number of ether oxygens (including phenoxy) is 1. The van der Waals surface area contributed by atoms with E-state index in [9.17, 15) is 14.7 Å². The Bertz CT molecular complexity index is 649. The summed E-state index contributed by atoms with van der Waals surface area (Å²) in [5.74, 6) is 1.02. The highest BCUT2D eigenvalue weighted by Crippen LogP contribution is 2.63. The fourth-order valence-corrected chi connectivity index (χ4v) is 6.99. The lowest BCUT2D eigenvalue weighted by Crippen LogP contribution is -2.45. The second-order valence-electron chi connectivity index (χ2n) is 9.68. The largest absolute Gasteiger partial charge is 0.469 e. The number of Topliss-reactive ketones (excluding diaryl/α,β-unsaturated/α-hetero) is 1. The van der Waals surface area contributed by atoms with Gasteiger partial charge in [-0.15, -0.1) is 0 Å². The van der Waals surface area contributed by atoms with Gasteiger partial charge in [-0.1, -0.05) is 25.0 Å². The average Bonchev–Trinajstić information content (AvgIpc) is 2.97. The molecule has 0 amide bonds. The quantitative estimate of drug-likeness (QED) is 0.569. The number of esters is 1. The third-order valence-corrected chi connectivity index (χ3v) is 8.44. The van der Waals surface area contributed by atoms with Gasteiger partial charge in [0.25, 0.3) is 0 Å². The summed E-state index contributed by atoms with van der Waals surface area (Å²) in [5.41, 5.74) is 2.96. The summed E-state index contributed by atoms with van der Waals surface area (Å²) in [7, 11) is 1.44. The number of carbonyl (C=O) groups is 2. The summed E-state index contributed by atoms with van der Waals surface area (Å²) in [6.45, 7) is 8.23. The minimum absolute atomic E-state index is 0.0889.